The lowest BCUT2D eigenvalue weighted by Crippen LogP contribution is -1.92. The van der Waals surface area contributed by atoms with Crippen LogP contribution in [0.3, 0.4) is 0 Å². The summed E-state index contributed by atoms with van der Waals surface area (Å²) < 4.78 is 5.18. The van der Waals surface area contributed by atoms with Crippen molar-refractivity contribution in [1.29, 1.82) is 0 Å². The molecule has 0 aromatic heterocycles. The summed E-state index contributed by atoms with van der Waals surface area (Å²) in [6.45, 7) is 8.71. The van der Waals surface area contributed by atoms with Crippen molar-refractivity contribution in [2.24, 2.45) is 4.99 Å². The zero-order chi connectivity index (χ0) is 17.5. The predicted molar refractivity (Wildman–Crippen MR) is 100.0 cm³/mol. The Hall–Kier alpha value is -2.29. The highest BCUT2D eigenvalue weighted by atomic mass is 16.5. The zero-order valence-electron chi connectivity index (χ0n) is 14.9. The fraction of sp³-hybridized carbons (Fsp3) is 0.350. The molecule has 3 heteroatoms. The van der Waals surface area contributed by atoms with Gasteiger partial charge < -0.3 is 9.84 Å². The summed E-state index contributed by atoms with van der Waals surface area (Å²) >= 11 is 0. The maximum atomic E-state index is 9.33. The molecular formula is C20H29NO2. The smallest absolute Gasteiger partial charge is 0.119 e. The second-order valence-corrected chi connectivity index (χ2v) is 4.23. The summed E-state index contributed by atoms with van der Waals surface area (Å²) in [4.78, 5) is 4.36. The summed E-state index contributed by atoms with van der Waals surface area (Å²) in [5.41, 5.74) is 2.11. The van der Waals surface area contributed by atoms with E-state index in [2.05, 4.69) is 11.1 Å². The summed E-state index contributed by atoms with van der Waals surface area (Å²) in [6.07, 6.45) is 2.65. The van der Waals surface area contributed by atoms with E-state index >= 15 is 0 Å². The van der Waals surface area contributed by atoms with Gasteiger partial charge in [0.25, 0.3) is 0 Å². The van der Waals surface area contributed by atoms with E-state index in [1.54, 1.807) is 31.5 Å². The molecule has 2 aromatic carbocycles. The highest BCUT2D eigenvalue weighted by molar-refractivity contribution is 5.80. The van der Waals surface area contributed by atoms with E-state index in [9.17, 15) is 5.11 Å². The lowest BCUT2D eigenvalue weighted by Gasteiger charge is -2.02. The highest BCUT2D eigenvalue weighted by Crippen LogP contribution is 2.13. The molecule has 0 bridgehead atoms. The van der Waals surface area contributed by atoms with Gasteiger partial charge >= 0.3 is 0 Å². The molecule has 0 aliphatic carbocycles. The van der Waals surface area contributed by atoms with Crippen LogP contribution >= 0.6 is 0 Å². The van der Waals surface area contributed by atoms with Gasteiger partial charge in [-0.05, 0) is 41.8 Å². The summed E-state index contributed by atoms with van der Waals surface area (Å²) in [7, 11) is 1.67. The predicted octanol–water partition coefficient (Wildman–Crippen LogP) is 5.11. The van der Waals surface area contributed by atoms with Crippen LogP contribution in [0.25, 0.3) is 0 Å². The van der Waals surface area contributed by atoms with Crippen LogP contribution in [-0.2, 0) is 6.42 Å². The van der Waals surface area contributed by atoms with Gasteiger partial charge in [-0.25, -0.2) is 0 Å². The number of benzene rings is 2. The molecule has 126 valence electrons. The average molecular weight is 315 g/mol. The van der Waals surface area contributed by atoms with Crippen molar-refractivity contribution in [2.45, 2.75) is 34.1 Å². The largest absolute Gasteiger partial charge is 0.508 e. The van der Waals surface area contributed by atoms with Crippen LogP contribution in [0.15, 0.2) is 53.5 Å². The number of hydrogen-bond donors (Lipinski definition) is 1. The van der Waals surface area contributed by atoms with E-state index in [-0.39, 0.29) is 5.75 Å². The minimum atomic E-state index is 0.261. The first kappa shape index (κ1) is 20.7. The standard InChI is InChI=1S/C16H17NO2.2C2H6/c1-19-16-7-3-4-13(11-16)8-9-17-12-14-5-2-6-15(18)10-14;2*1-2/h2-7,10-12,18H,8-9H2,1H3;2*1-2H3. The van der Waals surface area contributed by atoms with E-state index in [1.807, 2.05) is 52.0 Å². The maximum Gasteiger partial charge on any atom is 0.119 e. The SMILES string of the molecule is CC.CC.COc1cccc(CCN=Cc2cccc(O)c2)c1. The number of aliphatic imine (C=N–C) groups is 1. The number of aromatic hydroxyl groups is 1. The molecule has 0 heterocycles. The van der Waals surface area contributed by atoms with Gasteiger partial charge in [-0.1, -0.05) is 52.0 Å². The Morgan fingerprint density at radius 2 is 1.70 bits per heavy atom. The minimum Gasteiger partial charge on any atom is -0.508 e. The maximum absolute atomic E-state index is 9.33. The topological polar surface area (TPSA) is 41.8 Å². The third-order valence-electron chi connectivity index (χ3n) is 2.77. The van der Waals surface area contributed by atoms with Crippen molar-refractivity contribution >= 4 is 6.21 Å². The Labute approximate surface area is 140 Å². The summed E-state index contributed by atoms with van der Waals surface area (Å²) in [6, 6.07) is 15.0. The van der Waals surface area contributed by atoms with Crippen LogP contribution < -0.4 is 4.74 Å². The average Bonchev–Trinajstić information content (AvgIpc) is 2.62. The molecule has 0 spiro atoms. The van der Waals surface area contributed by atoms with E-state index in [4.69, 9.17) is 4.74 Å². The second-order valence-electron chi connectivity index (χ2n) is 4.23. The third kappa shape index (κ3) is 8.67. The summed E-state index contributed by atoms with van der Waals surface area (Å²) in [5.74, 6) is 1.13. The van der Waals surface area contributed by atoms with Crippen molar-refractivity contribution in [3.8, 4) is 11.5 Å². The van der Waals surface area contributed by atoms with Crippen molar-refractivity contribution in [2.75, 3.05) is 13.7 Å². The number of hydrogen-bond acceptors (Lipinski definition) is 3. The molecule has 23 heavy (non-hydrogen) atoms. The van der Waals surface area contributed by atoms with Crippen LogP contribution in [-0.4, -0.2) is 25.0 Å². The Bertz CT molecular complexity index is 565. The van der Waals surface area contributed by atoms with Crippen LogP contribution in [0.4, 0.5) is 0 Å². The first-order chi connectivity index (χ1) is 11.3. The first-order valence-electron chi connectivity index (χ1n) is 8.20. The van der Waals surface area contributed by atoms with Crippen LogP contribution in [0.5, 0.6) is 11.5 Å². The number of phenolic OH excluding ortho intramolecular Hbond substituents is 1. The number of rotatable bonds is 5. The van der Waals surface area contributed by atoms with Gasteiger partial charge in [-0.15, -0.1) is 0 Å². The summed E-state index contributed by atoms with van der Waals surface area (Å²) in [5, 5.41) is 9.33. The van der Waals surface area contributed by atoms with Gasteiger partial charge in [0.1, 0.15) is 11.5 Å². The molecule has 0 fully saturated rings. The van der Waals surface area contributed by atoms with Gasteiger partial charge in [0.15, 0.2) is 0 Å². The van der Waals surface area contributed by atoms with Gasteiger partial charge in [-0.2, -0.15) is 0 Å². The van der Waals surface area contributed by atoms with Gasteiger partial charge in [0, 0.05) is 12.8 Å². The van der Waals surface area contributed by atoms with Crippen molar-refractivity contribution in [3.63, 3.8) is 0 Å². The molecule has 1 N–H and O–H groups in total. The highest BCUT2D eigenvalue weighted by Gasteiger charge is 1.95. The van der Waals surface area contributed by atoms with E-state index < -0.39 is 0 Å². The number of nitrogens with zero attached hydrogens (tertiary/aromatic N) is 1. The van der Waals surface area contributed by atoms with Gasteiger partial charge in [0.05, 0.1) is 7.11 Å². The minimum absolute atomic E-state index is 0.261. The monoisotopic (exact) mass is 315 g/mol. The van der Waals surface area contributed by atoms with E-state index in [1.165, 1.54) is 5.56 Å². The van der Waals surface area contributed by atoms with Crippen molar-refractivity contribution < 1.29 is 9.84 Å². The lowest BCUT2D eigenvalue weighted by molar-refractivity contribution is 0.414. The Kier molecular flexibility index (Phi) is 12.0. The number of methoxy groups -OCH3 is 1. The van der Waals surface area contributed by atoms with Crippen LogP contribution in [0.1, 0.15) is 38.8 Å². The third-order valence-corrected chi connectivity index (χ3v) is 2.77. The van der Waals surface area contributed by atoms with Crippen molar-refractivity contribution in [3.05, 3.63) is 59.7 Å². The molecular weight excluding hydrogens is 286 g/mol. The molecule has 0 aliphatic heterocycles. The molecule has 2 aromatic rings. The molecule has 0 saturated carbocycles. The molecule has 2 rings (SSSR count). The van der Waals surface area contributed by atoms with Crippen LogP contribution in [0.2, 0.25) is 0 Å². The molecule has 0 aliphatic rings. The van der Waals surface area contributed by atoms with Crippen molar-refractivity contribution in [1.82, 2.24) is 0 Å². The second kappa shape index (κ2) is 13.4. The van der Waals surface area contributed by atoms with E-state index in [0.717, 1.165) is 17.7 Å². The molecule has 3 nitrogen and oxygen atoms in total. The Morgan fingerprint density at radius 3 is 2.35 bits per heavy atom. The van der Waals surface area contributed by atoms with Crippen LogP contribution in [0, 0.1) is 0 Å². The Balaban J connectivity index is 0.00000112. The molecule has 0 atom stereocenters. The zero-order valence-corrected chi connectivity index (χ0v) is 14.9. The number of phenols is 1. The molecule has 0 unspecified atom stereocenters. The Morgan fingerprint density at radius 1 is 1.00 bits per heavy atom. The normalized spacial score (nSPS) is 9.43. The van der Waals surface area contributed by atoms with Gasteiger partial charge in [-0.3, -0.25) is 4.99 Å². The lowest BCUT2D eigenvalue weighted by atomic mass is 10.1. The first-order valence-corrected chi connectivity index (χ1v) is 8.20. The molecule has 0 saturated heterocycles. The quantitative estimate of drug-likeness (QED) is 0.779. The van der Waals surface area contributed by atoms with E-state index in [0.29, 0.717) is 6.54 Å². The fourth-order valence-corrected chi connectivity index (χ4v) is 1.80. The fourth-order valence-electron chi connectivity index (χ4n) is 1.80. The molecule has 0 amide bonds. The molecule has 0 radical (unpaired) electrons. The van der Waals surface area contributed by atoms with Gasteiger partial charge in [0.2, 0.25) is 0 Å². The number of ether oxygens (including phenoxy) is 1.